The van der Waals surface area contributed by atoms with Crippen molar-refractivity contribution in [3.8, 4) is 5.88 Å². The summed E-state index contributed by atoms with van der Waals surface area (Å²) in [5.74, 6) is -2.88. The summed E-state index contributed by atoms with van der Waals surface area (Å²) >= 11 is 0. The number of aromatic nitrogens is 1. The van der Waals surface area contributed by atoms with Crippen LogP contribution in [0.5, 0.6) is 5.88 Å². The molecule has 0 bridgehead atoms. The minimum Gasteiger partial charge on any atom is -0.468 e. The molecule has 1 aliphatic heterocycles. The molecule has 0 radical (unpaired) electrons. The molecule has 172 valence electrons. The van der Waals surface area contributed by atoms with E-state index in [4.69, 9.17) is 0 Å². The van der Waals surface area contributed by atoms with Crippen LogP contribution in [0.4, 0.5) is 26.7 Å². The third-order valence-electron chi connectivity index (χ3n) is 4.78. The molecule has 7 nitrogen and oxygen atoms in total. The van der Waals surface area contributed by atoms with Gasteiger partial charge in [-0.2, -0.15) is 13.2 Å². The van der Waals surface area contributed by atoms with Crippen LogP contribution in [0.25, 0.3) is 0 Å². The maximum absolute atomic E-state index is 13.8. The van der Waals surface area contributed by atoms with Crippen molar-refractivity contribution < 1.29 is 36.3 Å². The molecule has 0 aliphatic carbocycles. The van der Waals surface area contributed by atoms with Crippen LogP contribution < -0.4 is 15.4 Å². The maximum Gasteiger partial charge on any atom is 0.422 e. The van der Waals surface area contributed by atoms with Gasteiger partial charge in [-0.1, -0.05) is 6.07 Å². The molecule has 1 saturated heterocycles. The van der Waals surface area contributed by atoms with Gasteiger partial charge in [0.05, 0.1) is 6.04 Å². The van der Waals surface area contributed by atoms with E-state index >= 15 is 0 Å². The molecule has 12 heteroatoms. The van der Waals surface area contributed by atoms with E-state index in [1.54, 1.807) is 0 Å². The first-order chi connectivity index (χ1) is 15.0. The molecule has 1 aromatic heterocycles. The number of nitrogens with zero attached hydrogens (tertiary/aromatic N) is 2. The predicted octanol–water partition coefficient (Wildman–Crippen LogP) is 2.92. The second kappa shape index (κ2) is 9.37. The van der Waals surface area contributed by atoms with Crippen molar-refractivity contribution >= 4 is 11.9 Å². The molecule has 2 N–H and O–H groups in total. The number of benzene rings is 1. The van der Waals surface area contributed by atoms with Gasteiger partial charge < -0.3 is 20.3 Å². The number of alkyl halides is 3. The third-order valence-corrected chi connectivity index (χ3v) is 4.78. The Kier molecular flexibility index (Phi) is 6.80. The van der Waals surface area contributed by atoms with Crippen molar-refractivity contribution in [2.45, 2.75) is 25.2 Å². The number of carbonyl (C=O) groups is 2. The summed E-state index contributed by atoms with van der Waals surface area (Å²) in [6, 6.07) is 3.11. The zero-order chi connectivity index (χ0) is 23.5. The fourth-order valence-electron chi connectivity index (χ4n) is 3.12. The van der Waals surface area contributed by atoms with Gasteiger partial charge in [0.2, 0.25) is 11.8 Å². The third kappa shape index (κ3) is 5.62. The highest BCUT2D eigenvalue weighted by Crippen LogP contribution is 2.26. The van der Waals surface area contributed by atoms with E-state index in [1.165, 1.54) is 24.0 Å². The zero-order valence-electron chi connectivity index (χ0n) is 16.7. The number of ether oxygens (including phenoxy) is 1. The summed E-state index contributed by atoms with van der Waals surface area (Å²) in [4.78, 5) is 29.8. The largest absolute Gasteiger partial charge is 0.468 e. The lowest BCUT2D eigenvalue weighted by molar-refractivity contribution is -0.154. The van der Waals surface area contributed by atoms with E-state index in [1.807, 2.05) is 0 Å². The van der Waals surface area contributed by atoms with Crippen LogP contribution in [0.15, 0.2) is 36.5 Å². The summed E-state index contributed by atoms with van der Waals surface area (Å²) in [6.07, 6.45) is -3.38. The molecule has 1 aliphatic rings. The summed E-state index contributed by atoms with van der Waals surface area (Å²) in [5.41, 5.74) is 0.440. The molecule has 32 heavy (non-hydrogen) atoms. The smallest absolute Gasteiger partial charge is 0.422 e. The second-order valence-corrected chi connectivity index (χ2v) is 7.05. The molecule has 1 fully saturated rings. The Morgan fingerprint density at radius 2 is 1.97 bits per heavy atom. The SMILES string of the molecule is C[C@@H]1C(=O)NCCN1C(=O)N[C@@H](c1ccc(OCC(F)(F)F)nc1)c1ccc(F)c(F)c1. The van der Waals surface area contributed by atoms with Gasteiger partial charge in [0.15, 0.2) is 18.2 Å². The number of nitrogens with one attached hydrogen (secondary N) is 2. The van der Waals surface area contributed by atoms with Crippen molar-refractivity contribution in [1.82, 2.24) is 20.5 Å². The van der Waals surface area contributed by atoms with Crippen molar-refractivity contribution in [2.75, 3.05) is 19.7 Å². The number of halogens is 5. The molecule has 3 rings (SSSR count). The van der Waals surface area contributed by atoms with E-state index in [-0.39, 0.29) is 36.0 Å². The molecule has 0 unspecified atom stereocenters. The van der Waals surface area contributed by atoms with E-state index in [9.17, 15) is 31.5 Å². The molecule has 0 saturated carbocycles. The molecule has 1 aromatic carbocycles. The minimum atomic E-state index is -4.54. The first-order valence-corrected chi connectivity index (χ1v) is 9.50. The van der Waals surface area contributed by atoms with Gasteiger partial charge in [-0.3, -0.25) is 4.79 Å². The highest BCUT2D eigenvalue weighted by atomic mass is 19.4. The molecule has 2 atom stereocenters. The highest BCUT2D eigenvalue weighted by Gasteiger charge is 2.31. The molecule has 0 spiro atoms. The second-order valence-electron chi connectivity index (χ2n) is 7.05. The average molecular weight is 458 g/mol. The van der Waals surface area contributed by atoms with Gasteiger partial charge in [0.25, 0.3) is 0 Å². The highest BCUT2D eigenvalue weighted by molar-refractivity contribution is 5.88. The van der Waals surface area contributed by atoms with Gasteiger partial charge in [0, 0.05) is 25.4 Å². The van der Waals surface area contributed by atoms with Crippen LogP contribution >= 0.6 is 0 Å². The lowest BCUT2D eigenvalue weighted by Crippen LogP contribution is -2.58. The Morgan fingerprint density at radius 1 is 1.25 bits per heavy atom. The predicted molar refractivity (Wildman–Crippen MR) is 102 cm³/mol. The van der Waals surface area contributed by atoms with Crippen LogP contribution in [-0.2, 0) is 4.79 Å². The number of hydrogen-bond donors (Lipinski definition) is 2. The molecule has 2 heterocycles. The molecular weight excluding hydrogens is 439 g/mol. The molecule has 2 aromatic rings. The quantitative estimate of drug-likeness (QED) is 0.675. The van der Waals surface area contributed by atoms with Gasteiger partial charge in [0.1, 0.15) is 6.04 Å². The van der Waals surface area contributed by atoms with Crippen molar-refractivity contribution in [1.29, 1.82) is 0 Å². The van der Waals surface area contributed by atoms with Crippen LogP contribution in [0.2, 0.25) is 0 Å². The first kappa shape index (κ1) is 23.2. The Hall–Kier alpha value is -3.44. The lowest BCUT2D eigenvalue weighted by Gasteiger charge is -2.34. The summed E-state index contributed by atoms with van der Waals surface area (Å²) in [5, 5.41) is 5.27. The normalized spacial score (nSPS) is 17.5. The number of pyridine rings is 1. The van der Waals surface area contributed by atoms with E-state index in [0.29, 0.717) is 0 Å². The Morgan fingerprint density at radius 3 is 2.59 bits per heavy atom. The number of hydrogen-bond acceptors (Lipinski definition) is 4. The number of amides is 3. The van der Waals surface area contributed by atoms with E-state index in [0.717, 1.165) is 24.4 Å². The van der Waals surface area contributed by atoms with Crippen molar-refractivity contribution in [2.24, 2.45) is 0 Å². The number of rotatable bonds is 5. The maximum atomic E-state index is 13.8. The lowest BCUT2D eigenvalue weighted by atomic mass is 10.00. The fraction of sp³-hybridized carbons (Fsp3) is 0.350. The number of carbonyl (C=O) groups excluding carboxylic acids is 2. The fourth-order valence-corrected chi connectivity index (χ4v) is 3.12. The van der Waals surface area contributed by atoms with Gasteiger partial charge in [-0.05, 0) is 36.2 Å². The summed E-state index contributed by atoms with van der Waals surface area (Å²) < 4.78 is 68.8. The monoisotopic (exact) mass is 458 g/mol. The van der Waals surface area contributed by atoms with Gasteiger partial charge in [-0.15, -0.1) is 0 Å². The molecule has 3 amide bonds. The van der Waals surface area contributed by atoms with Crippen molar-refractivity contribution in [3.05, 3.63) is 59.3 Å². The minimum absolute atomic E-state index is 0.164. The van der Waals surface area contributed by atoms with Gasteiger partial charge >= 0.3 is 12.2 Å². The van der Waals surface area contributed by atoms with Crippen LogP contribution in [0.3, 0.4) is 0 Å². The Labute approximate surface area is 179 Å². The van der Waals surface area contributed by atoms with E-state index in [2.05, 4.69) is 20.4 Å². The zero-order valence-corrected chi connectivity index (χ0v) is 16.7. The van der Waals surface area contributed by atoms with Crippen molar-refractivity contribution in [3.63, 3.8) is 0 Å². The summed E-state index contributed by atoms with van der Waals surface area (Å²) in [6.45, 7) is 0.484. The molecular formula is C20H19F5N4O3. The Balaban J connectivity index is 1.86. The van der Waals surface area contributed by atoms with Crippen LogP contribution in [0.1, 0.15) is 24.1 Å². The average Bonchev–Trinajstić information content (AvgIpc) is 2.74. The van der Waals surface area contributed by atoms with Crippen LogP contribution in [-0.4, -0.2) is 53.7 Å². The summed E-state index contributed by atoms with van der Waals surface area (Å²) in [7, 11) is 0. The number of urea groups is 1. The topological polar surface area (TPSA) is 83.6 Å². The van der Waals surface area contributed by atoms with Gasteiger partial charge in [-0.25, -0.2) is 18.6 Å². The van der Waals surface area contributed by atoms with Crippen LogP contribution in [0, 0.1) is 11.6 Å². The standard InChI is InChI=1S/C20H19F5N4O3/c1-11-18(30)26-6-7-29(11)19(31)28-17(12-2-4-14(21)15(22)8-12)13-3-5-16(27-9-13)32-10-20(23,24)25/h2-5,8-9,11,17H,6-7,10H2,1H3,(H,26,30)(H,28,31)/t11-,17-/m1/s1. The van der Waals surface area contributed by atoms with E-state index < -0.39 is 42.5 Å². The number of piperazine rings is 1. The Bertz CT molecular complexity index is 984. The first-order valence-electron chi connectivity index (χ1n) is 9.50.